The highest BCUT2D eigenvalue weighted by Crippen LogP contribution is 2.40. The zero-order valence-electron chi connectivity index (χ0n) is 24.1. The molecule has 42 heavy (non-hydrogen) atoms. The van der Waals surface area contributed by atoms with Gasteiger partial charge in [-0.15, -0.1) is 0 Å². The van der Waals surface area contributed by atoms with E-state index in [0.29, 0.717) is 0 Å². The molecule has 0 unspecified atom stereocenters. The minimum atomic E-state index is 1.04. The Balaban J connectivity index is 1.35. The fourth-order valence-electron chi connectivity index (χ4n) is 5.51. The summed E-state index contributed by atoms with van der Waals surface area (Å²) in [6, 6.07) is 49.1. The van der Waals surface area contributed by atoms with E-state index in [4.69, 9.17) is 0 Å². The summed E-state index contributed by atoms with van der Waals surface area (Å²) in [5.74, 6) is 0. The molecule has 0 aliphatic rings. The molecule has 0 radical (unpaired) electrons. The van der Waals surface area contributed by atoms with Gasteiger partial charge in [0.25, 0.3) is 0 Å². The number of nitrogens with one attached hydrogen (secondary N) is 2. The van der Waals surface area contributed by atoms with Crippen molar-refractivity contribution in [2.75, 3.05) is 10.6 Å². The van der Waals surface area contributed by atoms with E-state index >= 15 is 0 Å². The van der Waals surface area contributed by atoms with Crippen molar-refractivity contribution in [3.8, 4) is 33.4 Å². The van der Waals surface area contributed by atoms with E-state index < -0.39 is 0 Å². The molecule has 0 saturated heterocycles. The Kier molecular flexibility index (Phi) is 7.70. The minimum Gasteiger partial charge on any atom is -0.356 e. The molecule has 6 aromatic rings. The average Bonchev–Trinajstić information content (AvgIpc) is 3.03. The molecule has 6 aromatic carbocycles. The molecule has 0 aliphatic heterocycles. The first-order valence-corrected chi connectivity index (χ1v) is 14.3. The van der Waals surface area contributed by atoms with Crippen molar-refractivity contribution >= 4 is 28.8 Å². The number of rotatable bonds is 8. The molecule has 2 N–H and O–H groups in total. The third-order valence-corrected chi connectivity index (χ3v) is 7.74. The minimum absolute atomic E-state index is 1.04. The van der Waals surface area contributed by atoms with Crippen LogP contribution in [0.25, 0.3) is 39.5 Å². The molecule has 2 nitrogen and oxygen atoms in total. The predicted molar refractivity (Wildman–Crippen MR) is 182 cm³/mol. The second-order valence-corrected chi connectivity index (χ2v) is 10.6. The predicted octanol–water partition coefficient (Wildman–Crippen LogP) is 11.4. The Bertz CT molecular complexity index is 1850. The fourth-order valence-corrected chi connectivity index (χ4v) is 5.51. The highest BCUT2D eigenvalue weighted by atomic mass is 14.9. The van der Waals surface area contributed by atoms with Gasteiger partial charge in [0.2, 0.25) is 0 Å². The summed E-state index contributed by atoms with van der Waals surface area (Å²) in [7, 11) is 0. The summed E-state index contributed by atoms with van der Waals surface area (Å²) >= 11 is 0. The van der Waals surface area contributed by atoms with Crippen LogP contribution >= 0.6 is 0 Å². The van der Waals surface area contributed by atoms with Gasteiger partial charge in [-0.3, -0.25) is 0 Å². The van der Waals surface area contributed by atoms with Gasteiger partial charge in [-0.25, -0.2) is 0 Å². The third-order valence-electron chi connectivity index (χ3n) is 7.74. The summed E-state index contributed by atoms with van der Waals surface area (Å²) in [6.07, 6.45) is 1.92. The van der Waals surface area contributed by atoms with Gasteiger partial charge in [-0.1, -0.05) is 116 Å². The molecular weight excluding hydrogens is 508 g/mol. The van der Waals surface area contributed by atoms with Crippen LogP contribution in [0.4, 0.5) is 22.7 Å². The van der Waals surface area contributed by atoms with E-state index in [1.807, 2.05) is 12.1 Å². The van der Waals surface area contributed by atoms with E-state index in [1.165, 1.54) is 33.4 Å². The molecule has 0 fully saturated rings. The molecule has 0 atom stereocenters. The maximum atomic E-state index is 4.04. The van der Waals surface area contributed by atoms with Crippen molar-refractivity contribution in [3.05, 3.63) is 163 Å². The molecule has 0 heterocycles. The first kappa shape index (κ1) is 26.9. The van der Waals surface area contributed by atoms with Gasteiger partial charge >= 0.3 is 0 Å². The lowest BCUT2D eigenvalue weighted by Crippen LogP contribution is -1.98. The molecule has 0 amide bonds. The Morgan fingerprint density at radius 2 is 1.00 bits per heavy atom. The lowest BCUT2D eigenvalue weighted by molar-refractivity contribution is 1.44. The van der Waals surface area contributed by atoms with E-state index in [0.717, 1.165) is 39.4 Å². The van der Waals surface area contributed by atoms with Crippen LogP contribution in [0, 0.1) is 13.8 Å². The Labute approximate surface area is 249 Å². The average molecular weight is 543 g/mol. The van der Waals surface area contributed by atoms with E-state index in [1.54, 1.807) is 0 Å². The Hall–Kier alpha value is -5.34. The highest BCUT2D eigenvalue weighted by Gasteiger charge is 2.14. The maximum Gasteiger partial charge on any atom is 0.0543 e. The van der Waals surface area contributed by atoms with Crippen LogP contribution in [0.3, 0.4) is 0 Å². The molecule has 0 saturated carbocycles. The van der Waals surface area contributed by atoms with Gasteiger partial charge in [0.1, 0.15) is 0 Å². The first-order chi connectivity index (χ1) is 20.6. The monoisotopic (exact) mass is 542 g/mol. The number of hydrogen-bond donors (Lipinski definition) is 2. The van der Waals surface area contributed by atoms with Gasteiger partial charge in [0.15, 0.2) is 0 Å². The van der Waals surface area contributed by atoms with Crippen molar-refractivity contribution in [3.63, 3.8) is 0 Å². The van der Waals surface area contributed by atoms with E-state index in [2.05, 4.69) is 165 Å². The first-order valence-electron chi connectivity index (χ1n) is 14.3. The number of hydrogen-bond acceptors (Lipinski definition) is 2. The van der Waals surface area contributed by atoms with Crippen LogP contribution in [0.1, 0.15) is 16.7 Å². The molecule has 2 heteroatoms. The smallest absolute Gasteiger partial charge is 0.0543 e. The van der Waals surface area contributed by atoms with Crippen molar-refractivity contribution in [2.24, 2.45) is 0 Å². The zero-order chi connectivity index (χ0) is 28.9. The standard InChI is InChI=1S/C40H34N2/c1-4-30-21-26-34(27-39(30)36-18-11-9-14-29(36)3)41-33-24-22-31(23-25-33)37-19-12-20-38(35-17-10-8-13-28(35)2)40(37)42-32-15-6-5-7-16-32/h4-27,41-42H,1H2,2-3H3. The van der Waals surface area contributed by atoms with Crippen molar-refractivity contribution < 1.29 is 0 Å². The van der Waals surface area contributed by atoms with Crippen LogP contribution < -0.4 is 10.6 Å². The Morgan fingerprint density at radius 1 is 0.452 bits per heavy atom. The largest absolute Gasteiger partial charge is 0.356 e. The van der Waals surface area contributed by atoms with Gasteiger partial charge in [0, 0.05) is 28.2 Å². The van der Waals surface area contributed by atoms with Gasteiger partial charge < -0.3 is 10.6 Å². The highest BCUT2D eigenvalue weighted by molar-refractivity contribution is 5.93. The van der Waals surface area contributed by atoms with Crippen molar-refractivity contribution in [1.82, 2.24) is 0 Å². The molecule has 0 aliphatic carbocycles. The second kappa shape index (κ2) is 12.0. The summed E-state index contributed by atoms with van der Waals surface area (Å²) < 4.78 is 0. The van der Waals surface area contributed by atoms with Crippen LogP contribution in [-0.2, 0) is 0 Å². The van der Waals surface area contributed by atoms with Gasteiger partial charge in [-0.2, -0.15) is 0 Å². The molecule has 204 valence electrons. The van der Waals surface area contributed by atoms with Crippen LogP contribution in [-0.4, -0.2) is 0 Å². The normalized spacial score (nSPS) is 10.7. The Morgan fingerprint density at radius 3 is 1.67 bits per heavy atom. The summed E-state index contributed by atoms with van der Waals surface area (Å²) in [5, 5.41) is 7.35. The second-order valence-electron chi connectivity index (χ2n) is 10.6. The van der Waals surface area contributed by atoms with Crippen LogP contribution in [0.15, 0.2) is 146 Å². The third kappa shape index (κ3) is 5.61. The van der Waals surface area contributed by atoms with Crippen molar-refractivity contribution in [1.29, 1.82) is 0 Å². The number of para-hydroxylation sites is 2. The molecule has 0 aromatic heterocycles. The molecule has 0 bridgehead atoms. The zero-order valence-corrected chi connectivity index (χ0v) is 24.1. The molecule has 0 spiro atoms. The summed E-state index contributed by atoms with van der Waals surface area (Å²) in [4.78, 5) is 0. The topological polar surface area (TPSA) is 24.1 Å². The number of aryl methyl sites for hydroxylation is 2. The van der Waals surface area contributed by atoms with E-state index in [9.17, 15) is 0 Å². The van der Waals surface area contributed by atoms with Crippen LogP contribution in [0.2, 0.25) is 0 Å². The maximum absolute atomic E-state index is 4.04. The SMILES string of the molecule is C=Cc1ccc(Nc2ccc(-c3cccc(-c4ccccc4C)c3Nc3ccccc3)cc2)cc1-c1ccccc1C. The lowest BCUT2D eigenvalue weighted by atomic mass is 9.93. The lowest BCUT2D eigenvalue weighted by Gasteiger charge is -2.19. The summed E-state index contributed by atoms with van der Waals surface area (Å²) in [6.45, 7) is 8.35. The molecular formula is C40H34N2. The summed E-state index contributed by atoms with van der Waals surface area (Å²) in [5.41, 5.74) is 15.0. The molecule has 6 rings (SSSR count). The van der Waals surface area contributed by atoms with Gasteiger partial charge in [0.05, 0.1) is 5.69 Å². The quantitative estimate of drug-likeness (QED) is 0.200. The van der Waals surface area contributed by atoms with E-state index in [-0.39, 0.29) is 0 Å². The fraction of sp³-hybridized carbons (Fsp3) is 0.0500. The van der Waals surface area contributed by atoms with Crippen LogP contribution in [0.5, 0.6) is 0 Å². The number of benzene rings is 6. The van der Waals surface area contributed by atoms with Gasteiger partial charge in [-0.05, 0) is 89.2 Å². The van der Waals surface area contributed by atoms with Crippen molar-refractivity contribution in [2.45, 2.75) is 13.8 Å². The number of anilines is 4.